The molecule has 1 atom stereocenters. The van der Waals surface area contributed by atoms with E-state index in [4.69, 9.17) is 8.85 Å². The average molecular weight is 250 g/mol. The molecule has 1 rings (SSSR count). The lowest BCUT2D eigenvalue weighted by molar-refractivity contribution is 0.248. The molecule has 94 valence electrons. The predicted octanol–water partition coefficient (Wildman–Crippen LogP) is 3.99. The molecular weight excluding hydrogens is 228 g/mol. The van der Waals surface area contributed by atoms with Gasteiger partial charge in [0, 0.05) is 6.61 Å². The van der Waals surface area contributed by atoms with Gasteiger partial charge in [0.2, 0.25) is 0 Å². The fourth-order valence-electron chi connectivity index (χ4n) is 1.44. The van der Waals surface area contributed by atoms with Gasteiger partial charge in [0.1, 0.15) is 5.75 Å². The van der Waals surface area contributed by atoms with Gasteiger partial charge in [-0.15, -0.1) is 6.58 Å². The molecule has 1 unspecified atom stereocenters. The fourth-order valence-corrected chi connectivity index (χ4v) is 2.91. The summed E-state index contributed by atoms with van der Waals surface area (Å²) in [6.45, 7) is 10.8. The maximum Gasteiger partial charge on any atom is 0.422 e. The Morgan fingerprint density at radius 3 is 2.65 bits per heavy atom. The summed E-state index contributed by atoms with van der Waals surface area (Å²) in [5.74, 6) is 0.901. The molecule has 0 aliphatic rings. The van der Waals surface area contributed by atoms with E-state index in [-0.39, 0.29) is 0 Å². The number of rotatable bonds is 7. The Kier molecular flexibility index (Phi) is 5.45. The second kappa shape index (κ2) is 6.62. The molecule has 0 heterocycles. The third-order valence-corrected chi connectivity index (χ3v) is 4.81. The molecule has 0 amide bonds. The Morgan fingerprint density at radius 2 is 2.06 bits per heavy atom. The molecule has 0 aliphatic heterocycles. The lowest BCUT2D eigenvalue weighted by Crippen LogP contribution is -2.40. The second-order valence-corrected chi connectivity index (χ2v) is 7.22. The van der Waals surface area contributed by atoms with Crippen LogP contribution >= 0.6 is 0 Å². The van der Waals surface area contributed by atoms with Crippen LogP contribution in [0.4, 0.5) is 0 Å². The van der Waals surface area contributed by atoms with Crippen LogP contribution in [0, 0.1) is 6.92 Å². The molecule has 0 saturated heterocycles. The van der Waals surface area contributed by atoms with E-state index in [9.17, 15) is 0 Å². The standard InChI is InChI=1S/C14H22O2Si/c1-5-7-12-15-17(4,6-2)16-14-11-9-8-10-13(14)3/h6,8-11H,2,5,7,12H2,1,3-4H3. The summed E-state index contributed by atoms with van der Waals surface area (Å²) in [4.78, 5) is 0. The van der Waals surface area contributed by atoms with Crippen molar-refractivity contribution in [1.82, 2.24) is 0 Å². The first kappa shape index (κ1) is 14.0. The van der Waals surface area contributed by atoms with Gasteiger partial charge in [0.05, 0.1) is 0 Å². The van der Waals surface area contributed by atoms with Crippen LogP contribution in [0.2, 0.25) is 6.55 Å². The number of unbranched alkanes of at least 4 members (excludes halogenated alkanes) is 1. The zero-order valence-corrected chi connectivity index (χ0v) is 12.0. The molecule has 0 aliphatic carbocycles. The topological polar surface area (TPSA) is 18.5 Å². The largest absolute Gasteiger partial charge is 0.517 e. The molecule has 2 nitrogen and oxygen atoms in total. The molecular formula is C14H22O2Si. The number of benzene rings is 1. The summed E-state index contributed by atoms with van der Waals surface area (Å²) in [6, 6.07) is 8.01. The van der Waals surface area contributed by atoms with Gasteiger partial charge in [-0.2, -0.15) is 0 Å². The van der Waals surface area contributed by atoms with E-state index in [2.05, 4.69) is 13.5 Å². The molecule has 0 radical (unpaired) electrons. The van der Waals surface area contributed by atoms with Crippen molar-refractivity contribution in [2.24, 2.45) is 0 Å². The molecule has 3 heteroatoms. The van der Waals surface area contributed by atoms with Crippen LogP contribution in [0.15, 0.2) is 36.5 Å². The summed E-state index contributed by atoms with van der Waals surface area (Å²) in [5, 5.41) is 0. The van der Waals surface area contributed by atoms with Crippen molar-refractivity contribution in [2.75, 3.05) is 6.61 Å². The maximum atomic E-state index is 6.03. The van der Waals surface area contributed by atoms with E-state index in [1.165, 1.54) is 0 Å². The second-order valence-electron chi connectivity index (χ2n) is 4.29. The van der Waals surface area contributed by atoms with Crippen LogP contribution in [0.3, 0.4) is 0 Å². The zero-order chi connectivity index (χ0) is 12.7. The highest BCUT2D eigenvalue weighted by atomic mass is 28.4. The lowest BCUT2D eigenvalue weighted by atomic mass is 10.2. The summed E-state index contributed by atoms with van der Waals surface area (Å²) in [6.07, 6.45) is 2.19. The Hall–Kier alpha value is -1.06. The van der Waals surface area contributed by atoms with Gasteiger partial charge >= 0.3 is 8.56 Å². The molecule has 17 heavy (non-hydrogen) atoms. The van der Waals surface area contributed by atoms with Crippen molar-refractivity contribution >= 4 is 8.56 Å². The van der Waals surface area contributed by atoms with Crippen molar-refractivity contribution in [1.29, 1.82) is 0 Å². The van der Waals surface area contributed by atoms with Crippen LogP contribution in [0.25, 0.3) is 0 Å². The van der Waals surface area contributed by atoms with E-state index in [1.54, 1.807) is 0 Å². The van der Waals surface area contributed by atoms with Crippen LogP contribution in [-0.4, -0.2) is 15.2 Å². The molecule has 0 saturated carbocycles. The van der Waals surface area contributed by atoms with Crippen LogP contribution in [0.5, 0.6) is 5.75 Å². The maximum absolute atomic E-state index is 6.03. The Bertz CT molecular complexity index is 365. The van der Waals surface area contributed by atoms with Crippen LogP contribution in [0.1, 0.15) is 25.3 Å². The van der Waals surface area contributed by atoms with E-state index in [0.29, 0.717) is 0 Å². The first-order valence-corrected chi connectivity index (χ1v) is 8.53. The van der Waals surface area contributed by atoms with E-state index in [0.717, 1.165) is 30.8 Å². The number of para-hydroxylation sites is 1. The Labute approximate surface area is 106 Å². The van der Waals surface area contributed by atoms with Gasteiger partial charge in [0.25, 0.3) is 0 Å². The number of hydrogen-bond acceptors (Lipinski definition) is 2. The minimum Gasteiger partial charge on any atom is -0.517 e. The highest BCUT2D eigenvalue weighted by Crippen LogP contribution is 2.21. The SMILES string of the molecule is C=C[Si](C)(OCCCC)Oc1ccccc1C. The van der Waals surface area contributed by atoms with Crippen molar-refractivity contribution in [3.05, 3.63) is 42.1 Å². The van der Waals surface area contributed by atoms with Gasteiger partial charge in [-0.05, 0) is 37.2 Å². The van der Waals surface area contributed by atoms with Crippen molar-refractivity contribution < 1.29 is 8.85 Å². The van der Waals surface area contributed by atoms with Gasteiger partial charge in [-0.3, -0.25) is 0 Å². The normalized spacial score (nSPS) is 14.1. The fraction of sp³-hybridized carbons (Fsp3) is 0.429. The molecule has 0 bridgehead atoms. The first-order chi connectivity index (χ1) is 8.11. The van der Waals surface area contributed by atoms with Gasteiger partial charge < -0.3 is 8.85 Å². The first-order valence-electron chi connectivity index (χ1n) is 6.13. The summed E-state index contributed by atoms with van der Waals surface area (Å²) in [5.41, 5.74) is 2.97. The zero-order valence-electron chi connectivity index (χ0n) is 11.0. The van der Waals surface area contributed by atoms with Crippen LogP contribution in [-0.2, 0) is 4.43 Å². The summed E-state index contributed by atoms with van der Waals surface area (Å²) < 4.78 is 11.9. The molecule has 0 fully saturated rings. The van der Waals surface area contributed by atoms with Crippen LogP contribution < -0.4 is 4.43 Å². The minimum atomic E-state index is -2.27. The molecule has 0 spiro atoms. The Balaban J connectivity index is 2.68. The van der Waals surface area contributed by atoms with E-state index < -0.39 is 8.56 Å². The number of hydrogen-bond donors (Lipinski definition) is 0. The Morgan fingerprint density at radius 1 is 1.35 bits per heavy atom. The summed E-state index contributed by atoms with van der Waals surface area (Å²) in [7, 11) is -2.27. The lowest BCUT2D eigenvalue weighted by Gasteiger charge is -2.25. The monoisotopic (exact) mass is 250 g/mol. The third-order valence-electron chi connectivity index (χ3n) is 2.66. The van der Waals surface area contributed by atoms with Gasteiger partial charge in [-0.25, -0.2) is 0 Å². The third kappa shape index (κ3) is 4.36. The smallest absolute Gasteiger partial charge is 0.422 e. The predicted molar refractivity (Wildman–Crippen MR) is 74.5 cm³/mol. The van der Waals surface area contributed by atoms with E-state index in [1.807, 2.05) is 43.4 Å². The van der Waals surface area contributed by atoms with E-state index >= 15 is 0 Å². The highest BCUT2D eigenvalue weighted by molar-refractivity contribution is 6.71. The van der Waals surface area contributed by atoms with Gasteiger partial charge in [-0.1, -0.05) is 31.5 Å². The van der Waals surface area contributed by atoms with Gasteiger partial charge in [0.15, 0.2) is 0 Å². The number of aryl methyl sites for hydroxylation is 1. The average Bonchev–Trinajstić information content (AvgIpc) is 2.33. The molecule has 0 N–H and O–H groups in total. The molecule has 1 aromatic carbocycles. The quantitative estimate of drug-likeness (QED) is 0.538. The minimum absolute atomic E-state index is 0.747. The van der Waals surface area contributed by atoms with Crippen molar-refractivity contribution in [3.63, 3.8) is 0 Å². The summed E-state index contributed by atoms with van der Waals surface area (Å²) >= 11 is 0. The van der Waals surface area contributed by atoms with Crippen molar-refractivity contribution in [2.45, 2.75) is 33.2 Å². The molecule has 0 aromatic heterocycles. The highest BCUT2D eigenvalue weighted by Gasteiger charge is 2.30. The van der Waals surface area contributed by atoms with Crippen molar-refractivity contribution in [3.8, 4) is 5.75 Å². The molecule has 1 aromatic rings.